The number of hydrogen-bond acceptors (Lipinski definition) is 9. The van der Waals surface area contributed by atoms with Gasteiger partial charge in [0.1, 0.15) is 11.9 Å². The summed E-state index contributed by atoms with van der Waals surface area (Å²) in [6.07, 6.45) is 5.58. The molecule has 10 nitrogen and oxygen atoms in total. The Morgan fingerprint density at radius 3 is 2.84 bits per heavy atom. The smallest absolute Gasteiger partial charge is 0.321 e. The number of carboxylic acids is 1. The van der Waals surface area contributed by atoms with E-state index in [9.17, 15) is 9.90 Å². The van der Waals surface area contributed by atoms with Crippen molar-refractivity contribution in [1.82, 2.24) is 20.3 Å². The van der Waals surface area contributed by atoms with Gasteiger partial charge in [0.15, 0.2) is 12.2 Å². The maximum Gasteiger partial charge on any atom is 0.321 e. The summed E-state index contributed by atoms with van der Waals surface area (Å²) in [5, 5.41) is 19.1. The van der Waals surface area contributed by atoms with Gasteiger partial charge in [0.25, 0.3) is 0 Å². The number of aliphatic carboxylic acids is 1. The van der Waals surface area contributed by atoms with Crippen molar-refractivity contribution in [2.45, 2.75) is 38.0 Å². The van der Waals surface area contributed by atoms with E-state index in [1.807, 2.05) is 24.3 Å². The molecule has 4 heterocycles. The predicted octanol–water partition coefficient (Wildman–Crippen LogP) is 2.56. The summed E-state index contributed by atoms with van der Waals surface area (Å²) in [5.74, 6) is 0.914. The predicted molar refractivity (Wildman–Crippen MR) is 117 cm³/mol. The number of hydrogen-bond donors (Lipinski definition) is 4. The zero-order chi connectivity index (χ0) is 21.9. The van der Waals surface area contributed by atoms with Gasteiger partial charge in [-0.1, -0.05) is 0 Å². The standard InChI is InChI=1S/C22H24N6O4/c29-21(30)17-8-16-18(10-24-17)27-22(28-20(16)25-9-15-2-1-7-31-15)26-14-5-3-13(4-6-14)19-11-23-12-32-19/h3-6,11-12,15,17,24H,1-2,7-10H2,(H,29,30)(H2,25,26,27,28). The van der Waals surface area contributed by atoms with E-state index in [-0.39, 0.29) is 6.10 Å². The Hall–Kier alpha value is -3.50. The van der Waals surface area contributed by atoms with Crippen LogP contribution in [0.1, 0.15) is 24.1 Å². The molecule has 0 spiro atoms. The normalized spacial score (nSPS) is 20.0. The molecule has 32 heavy (non-hydrogen) atoms. The molecule has 2 aromatic heterocycles. The van der Waals surface area contributed by atoms with Gasteiger partial charge in [0, 0.05) is 42.9 Å². The van der Waals surface area contributed by atoms with Gasteiger partial charge in [-0.25, -0.2) is 9.97 Å². The Balaban J connectivity index is 1.38. The van der Waals surface area contributed by atoms with E-state index in [1.54, 1.807) is 6.20 Å². The number of anilines is 3. The van der Waals surface area contributed by atoms with Crippen LogP contribution in [-0.4, -0.2) is 51.3 Å². The molecule has 2 aliphatic heterocycles. The maximum absolute atomic E-state index is 11.5. The lowest BCUT2D eigenvalue weighted by atomic mass is 10.00. The molecule has 166 valence electrons. The monoisotopic (exact) mass is 436 g/mol. The summed E-state index contributed by atoms with van der Waals surface area (Å²) in [6.45, 7) is 1.76. The molecule has 3 aromatic rings. The topological polar surface area (TPSA) is 134 Å². The third-order valence-electron chi connectivity index (χ3n) is 5.69. The number of benzene rings is 1. The van der Waals surface area contributed by atoms with Crippen LogP contribution in [0.5, 0.6) is 0 Å². The third-order valence-corrected chi connectivity index (χ3v) is 5.69. The molecule has 0 radical (unpaired) electrons. The number of rotatable bonds is 7. The van der Waals surface area contributed by atoms with Gasteiger partial charge < -0.3 is 24.9 Å². The summed E-state index contributed by atoms with van der Waals surface area (Å²) < 4.78 is 11.0. The first-order valence-corrected chi connectivity index (χ1v) is 10.6. The van der Waals surface area contributed by atoms with Crippen LogP contribution in [0.3, 0.4) is 0 Å². The molecule has 0 amide bonds. The lowest BCUT2D eigenvalue weighted by molar-refractivity contribution is -0.139. The van der Waals surface area contributed by atoms with Gasteiger partial charge in [-0.15, -0.1) is 0 Å². The summed E-state index contributed by atoms with van der Waals surface area (Å²) in [5.41, 5.74) is 3.36. The van der Waals surface area contributed by atoms with Crippen molar-refractivity contribution in [2.75, 3.05) is 23.8 Å². The first kappa shape index (κ1) is 20.4. The van der Waals surface area contributed by atoms with Crippen molar-refractivity contribution in [3.8, 4) is 11.3 Å². The number of nitrogens with one attached hydrogen (secondary N) is 3. The average molecular weight is 436 g/mol. The number of nitrogens with zero attached hydrogens (tertiary/aromatic N) is 3. The van der Waals surface area contributed by atoms with Crippen molar-refractivity contribution >= 4 is 23.4 Å². The van der Waals surface area contributed by atoms with Crippen LogP contribution in [0, 0.1) is 0 Å². The molecule has 0 saturated carbocycles. The second kappa shape index (κ2) is 8.93. The molecule has 2 atom stereocenters. The van der Waals surface area contributed by atoms with Crippen LogP contribution in [0.15, 0.2) is 41.3 Å². The van der Waals surface area contributed by atoms with Crippen molar-refractivity contribution in [2.24, 2.45) is 0 Å². The summed E-state index contributed by atoms with van der Waals surface area (Å²) in [7, 11) is 0. The zero-order valence-corrected chi connectivity index (χ0v) is 17.4. The Morgan fingerprint density at radius 1 is 1.25 bits per heavy atom. The van der Waals surface area contributed by atoms with Crippen LogP contribution in [0.4, 0.5) is 17.5 Å². The fourth-order valence-corrected chi connectivity index (χ4v) is 3.99. The van der Waals surface area contributed by atoms with E-state index in [1.165, 1.54) is 6.39 Å². The van der Waals surface area contributed by atoms with Crippen LogP contribution in [0.2, 0.25) is 0 Å². The van der Waals surface area contributed by atoms with Crippen molar-refractivity contribution in [1.29, 1.82) is 0 Å². The molecule has 2 unspecified atom stereocenters. The highest BCUT2D eigenvalue weighted by Crippen LogP contribution is 2.27. The first-order valence-electron chi connectivity index (χ1n) is 10.6. The van der Waals surface area contributed by atoms with E-state index in [2.05, 4.69) is 30.9 Å². The Kier molecular flexibility index (Phi) is 5.70. The quantitative estimate of drug-likeness (QED) is 0.438. The molecular weight excluding hydrogens is 412 g/mol. The Bertz CT molecular complexity index is 1080. The lowest BCUT2D eigenvalue weighted by Crippen LogP contribution is -2.42. The number of ether oxygens (including phenoxy) is 1. The summed E-state index contributed by atoms with van der Waals surface area (Å²) in [4.78, 5) is 24.7. The van der Waals surface area contributed by atoms with E-state index in [0.717, 1.165) is 42.0 Å². The van der Waals surface area contributed by atoms with Gasteiger partial charge in [-0.3, -0.25) is 10.1 Å². The van der Waals surface area contributed by atoms with Crippen LogP contribution < -0.4 is 16.0 Å². The fraction of sp³-hybridized carbons (Fsp3) is 0.364. The minimum absolute atomic E-state index is 0.137. The van der Waals surface area contributed by atoms with E-state index >= 15 is 0 Å². The molecule has 4 N–H and O–H groups in total. The van der Waals surface area contributed by atoms with E-state index in [4.69, 9.17) is 9.15 Å². The van der Waals surface area contributed by atoms with Gasteiger partial charge in [-0.2, -0.15) is 4.98 Å². The Labute approximate surface area is 184 Å². The van der Waals surface area contributed by atoms with Gasteiger partial charge >= 0.3 is 5.97 Å². The highest BCUT2D eigenvalue weighted by molar-refractivity contribution is 5.75. The molecule has 10 heteroatoms. The Morgan fingerprint density at radius 2 is 2.12 bits per heavy atom. The minimum Gasteiger partial charge on any atom is -0.480 e. The second-order valence-corrected chi connectivity index (χ2v) is 7.88. The van der Waals surface area contributed by atoms with Crippen LogP contribution >= 0.6 is 0 Å². The SMILES string of the molecule is O=C(O)C1Cc2c(nc(Nc3ccc(-c4cnco4)cc3)nc2NCC2CCCO2)CN1. The number of carbonyl (C=O) groups is 1. The molecule has 1 fully saturated rings. The highest BCUT2D eigenvalue weighted by atomic mass is 16.5. The molecule has 1 saturated heterocycles. The maximum atomic E-state index is 11.5. The molecular formula is C22H24N6O4. The highest BCUT2D eigenvalue weighted by Gasteiger charge is 2.28. The molecule has 0 bridgehead atoms. The van der Waals surface area contributed by atoms with Crippen LogP contribution in [0.25, 0.3) is 11.3 Å². The molecule has 5 rings (SSSR count). The number of aromatic nitrogens is 3. The summed E-state index contributed by atoms with van der Waals surface area (Å²) >= 11 is 0. The van der Waals surface area contributed by atoms with E-state index in [0.29, 0.717) is 37.0 Å². The number of oxazole rings is 1. The number of carboxylic acid groups (broad SMARTS) is 1. The lowest BCUT2D eigenvalue weighted by Gasteiger charge is -2.25. The van der Waals surface area contributed by atoms with Crippen molar-refractivity contribution < 1.29 is 19.1 Å². The first-order chi connectivity index (χ1) is 15.7. The summed E-state index contributed by atoms with van der Waals surface area (Å²) in [6, 6.07) is 7.03. The molecule has 2 aliphatic rings. The third kappa shape index (κ3) is 4.41. The fourth-order valence-electron chi connectivity index (χ4n) is 3.99. The zero-order valence-electron chi connectivity index (χ0n) is 17.4. The van der Waals surface area contributed by atoms with Gasteiger partial charge in [0.05, 0.1) is 18.0 Å². The largest absolute Gasteiger partial charge is 0.480 e. The van der Waals surface area contributed by atoms with E-state index < -0.39 is 12.0 Å². The molecule has 0 aliphatic carbocycles. The van der Waals surface area contributed by atoms with Crippen molar-refractivity contribution in [3.63, 3.8) is 0 Å². The van der Waals surface area contributed by atoms with Gasteiger partial charge in [0.2, 0.25) is 5.95 Å². The second-order valence-electron chi connectivity index (χ2n) is 7.88. The number of fused-ring (bicyclic) bond motifs is 1. The van der Waals surface area contributed by atoms with Crippen LogP contribution in [-0.2, 0) is 22.5 Å². The van der Waals surface area contributed by atoms with Gasteiger partial charge in [-0.05, 0) is 37.1 Å². The van der Waals surface area contributed by atoms with Crippen molar-refractivity contribution in [3.05, 3.63) is 48.1 Å². The molecule has 1 aromatic carbocycles. The minimum atomic E-state index is -0.880. The average Bonchev–Trinajstić information content (AvgIpc) is 3.52.